The molecule has 2 fully saturated rings. The van der Waals surface area contributed by atoms with Gasteiger partial charge in [0.1, 0.15) is 22.7 Å². The predicted octanol–water partition coefficient (Wildman–Crippen LogP) is 3.51. The van der Waals surface area contributed by atoms with Crippen LogP contribution in [0.2, 0.25) is 5.02 Å². The van der Waals surface area contributed by atoms with Crippen molar-refractivity contribution in [1.29, 1.82) is 0 Å². The molecule has 1 heterocycles. The third-order valence-corrected chi connectivity index (χ3v) is 5.71. The molecule has 1 saturated carbocycles. The van der Waals surface area contributed by atoms with E-state index < -0.39 is 40.7 Å². The number of nitrogens with zero attached hydrogens (tertiary/aromatic N) is 1. The summed E-state index contributed by atoms with van der Waals surface area (Å²) in [5, 5.41) is 1.94. The van der Waals surface area contributed by atoms with E-state index in [0.717, 1.165) is 31.7 Å². The number of carbonyl (C=O) groups excluding carboxylic acids is 2. The molecule has 1 saturated heterocycles. The number of urea groups is 1. The Hall–Kier alpha value is -1.89. The van der Waals surface area contributed by atoms with E-state index in [-0.39, 0.29) is 12.1 Å². The fourth-order valence-corrected chi connectivity index (χ4v) is 4.12. The van der Waals surface area contributed by atoms with Gasteiger partial charge in [-0.2, -0.15) is 0 Å². The molecular weight excluding hydrogens is 364 g/mol. The monoisotopic (exact) mass is 385 g/mol. The quantitative estimate of drug-likeness (QED) is 0.761. The molecule has 26 heavy (non-hydrogen) atoms. The normalized spacial score (nSPS) is 22.3. The van der Waals surface area contributed by atoms with Crippen molar-refractivity contribution in [3.63, 3.8) is 0 Å². The highest BCUT2D eigenvalue weighted by atomic mass is 35.5. The number of benzene rings is 1. The van der Waals surface area contributed by atoms with E-state index in [1.807, 2.05) is 0 Å². The summed E-state index contributed by atoms with van der Waals surface area (Å²) < 4.78 is 28.3. The SMILES string of the molecule is NC(=O)C1CN([C@H](CC2CCCCC2)c2ccc(F)c(Cl)c2F)C(=O)N1. The zero-order valence-electron chi connectivity index (χ0n) is 14.3. The lowest BCUT2D eigenvalue weighted by atomic mass is 9.83. The summed E-state index contributed by atoms with van der Waals surface area (Å²) >= 11 is 5.75. The molecule has 5 nitrogen and oxygen atoms in total. The fourth-order valence-electron chi connectivity index (χ4n) is 3.95. The van der Waals surface area contributed by atoms with E-state index in [0.29, 0.717) is 12.3 Å². The summed E-state index contributed by atoms with van der Waals surface area (Å²) in [6, 6.07) is 0.508. The van der Waals surface area contributed by atoms with Crippen LogP contribution in [0.3, 0.4) is 0 Å². The molecule has 1 aliphatic heterocycles. The van der Waals surface area contributed by atoms with Crippen LogP contribution in [0.1, 0.15) is 50.1 Å². The Labute approximate surface area is 155 Å². The first kappa shape index (κ1) is 18.9. The maximum atomic E-state index is 14.7. The van der Waals surface area contributed by atoms with Gasteiger partial charge in [0.15, 0.2) is 0 Å². The molecule has 0 radical (unpaired) electrons. The lowest BCUT2D eigenvalue weighted by molar-refractivity contribution is -0.119. The summed E-state index contributed by atoms with van der Waals surface area (Å²) in [7, 11) is 0. The van der Waals surface area contributed by atoms with Crippen molar-refractivity contribution in [3.8, 4) is 0 Å². The van der Waals surface area contributed by atoms with Crippen LogP contribution in [0.4, 0.5) is 13.6 Å². The van der Waals surface area contributed by atoms with Crippen molar-refractivity contribution in [2.45, 2.75) is 50.6 Å². The first-order valence-corrected chi connectivity index (χ1v) is 9.26. The standard InChI is InChI=1S/C18H22ClF2N3O2/c19-15-12(20)7-6-11(16(15)21)14(8-10-4-2-1-3-5-10)24-9-13(17(22)25)23-18(24)26/h6-7,10,13-14H,1-5,8-9H2,(H2,22,25)(H,23,26)/t13?,14-/m1/s1. The van der Waals surface area contributed by atoms with E-state index >= 15 is 0 Å². The average molecular weight is 386 g/mol. The van der Waals surface area contributed by atoms with Gasteiger partial charge in [0, 0.05) is 5.56 Å². The summed E-state index contributed by atoms with van der Waals surface area (Å²) in [5.41, 5.74) is 5.46. The summed E-state index contributed by atoms with van der Waals surface area (Å²) in [4.78, 5) is 25.2. The topological polar surface area (TPSA) is 75.4 Å². The number of hydrogen-bond acceptors (Lipinski definition) is 2. The molecule has 2 aliphatic rings. The van der Waals surface area contributed by atoms with Gasteiger partial charge in [0.25, 0.3) is 0 Å². The van der Waals surface area contributed by atoms with Crippen molar-refractivity contribution in [2.75, 3.05) is 6.54 Å². The van der Waals surface area contributed by atoms with Crippen LogP contribution >= 0.6 is 11.6 Å². The first-order chi connectivity index (χ1) is 12.4. The highest BCUT2D eigenvalue weighted by molar-refractivity contribution is 6.31. The number of nitrogens with one attached hydrogen (secondary N) is 1. The molecule has 2 atom stereocenters. The molecule has 1 aliphatic carbocycles. The van der Waals surface area contributed by atoms with Gasteiger partial charge in [-0.1, -0.05) is 49.8 Å². The van der Waals surface area contributed by atoms with Gasteiger partial charge in [-0.3, -0.25) is 4.79 Å². The Bertz CT molecular complexity index is 710. The molecule has 1 aromatic rings. The van der Waals surface area contributed by atoms with Crippen molar-refractivity contribution in [1.82, 2.24) is 10.2 Å². The maximum absolute atomic E-state index is 14.7. The van der Waals surface area contributed by atoms with Crippen LogP contribution in [0.15, 0.2) is 12.1 Å². The number of nitrogens with two attached hydrogens (primary N) is 1. The van der Waals surface area contributed by atoms with Crippen LogP contribution in [0.25, 0.3) is 0 Å². The number of rotatable bonds is 5. The summed E-state index contributed by atoms with van der Waals surface area (Å²) in [6.45, 7) is 0.0555. The summed E-state index contributed by atoms with van der Waals surface area (Å²) in [5.74, 6) is -2.01. The maximum Gasteiger partial charge on any atom is 0.318 e. The van der Waals surface area contributed by atoms with E-state index in [1.54, 1.807) is 0 Å². The predicted molar refractivity (Wildman–Crippen MR) is 93.5 cm³/mol. The lowest BCUT2D eigenvalue weighted by Crippen LogP contribution is -2.39. The van der Waals surface area contributed by atoms with E-state index in [9.17, 15) is 18.4 Å². The molecule has 3 amide bonds. The molecule has 1 unspecified atom stereocenters. The van der Waals surface area contributed by atoms with Crippen LogP contribution in [0.5, 0.6) is 0 Å². The molecular formula is C18H22ClF2N3O2. The second-order valence-corrected chi connectivity index (χ2v) is 7.45. The van der Waals surface area contributed by atoms with Crippen LogP contribution in [-0.2, 0) is 4.79 Å². The van der Waals surface area contributed by atoms with Crippen molar-refractivity contribution < 1.29 is 18.4 Å². The third-order valence-electron chi connectivity index (χ3n) is 5.36. The second-order valence-electron chi connectivity index (χ2n) is 7.08. The number of carbonyl (C=O) groups is 2. The van der Waals surface area contributed by atoms with Gasteiger partial charge in [-0.15, -0.1) is 0 Å². The van der Waals surface area contributed by atoms with Gasteiger partial charge in [0.2, 0.25) is 5.91 Å². The molecule has 8 heteroatoms. The number of hydrogen-bond donors (Lipinski definition) is 2. The minimum atomic E-state index is -0.859. The molecule has 1 aromatic carbocycles. The minimum Gasteiger partial charge on any atom is -0.368 e. The highest BCUT2D eigenvalue weighted by Gasteiger charge is 2.39. The molecule has 0 spiro atoms. The van der Waals surface area contributed by atoms with Crippen molar-refractivity contribution in [2.24, 2.45) is 11.7 Å². The zero-order chi connectivity index (χ0) is 18.8. The average Bonchev–Trinajstić information content (AvgIpc) is 3.01. The van der Waals surface area contributed by atoms with Crippen LogP contribution in [-0.4, -0.2) is 29.4 Å². The molecule has 3 N–H and O–H groups in total. The summed E-state index contributed by atoms with van der Waals surface area (Å²) in [6.07, 6.45) is 5.91. The third kappa shape index (κ3) is 3.77. The number of halogens is 3. The first-order valence-electron chi connectivity index (χ1n) is 8.88. The van der Waals surface area contributed by atoms with Gasteiger partial charge in [-0.25, -0.2) is 13.6 Å². The van der Waals surface area contributed by atoms with E-state index in [2.05, 4.69) is 5.32 Å². The van der Waals surface area contributed by atoms with Gasteiger partial charge in [0.05, 0.1) is 12.6 Å². The van der Waals surface area contributed by atoms with Crippen molar-refractivity contribution in [3.05, 3.63) is 34.4 Å². The Morgan fingerprint density at radius 3 is 2.62 bits per heavy atom. The Balaban J connectivity index is 1.93. The number of primary amides is 1. The molecule has 3 rings (SSSR count). The van der Waals surface area contributed by atoms with Gasteiger partial charge >= 0.3 is 6.03 Å². The number of amides is 3. The zero-order valence-corrected chi connectivity index (χ0v) is 15.1. The Morgan fingerprint density at radius 1 is 1.31 bits per heavy atom. The molecule has 142 valence electrons. The molecule has 0 bridgehead atoms. The van der Waals surface area contributed by atoms with Crippen LogP contribution < -0.4 is 11.1 Å². The minimum absolute atomic E-state index is 0.0555. The van der Waals surface area contributed by atoms with Gasteiger partial charge < -0.3 is 16.0 Å². The van der Waals surface area contributed by atoms with Crippen LogP contribution in [0, 0.1) is 17.6 Å². The molecule has 0 aromatic heterocycles. The second kappa shape index (κ2) is 7.78. The smallest absolute Gasteiger partial charge is 0.318 e. The van der Waals surface area contributed by atoms with E-state index in [4.69, 9.17) is 17.3 Å². The Morgan fingerprint density at radius 2 is 2.00 bits per heavy atom. The largest absolute Gasteiger partial charge is 0.368 e. The lowest BCUT2D eigenvalue weighted by Gasteiger charge is -2.32. The van der Waals surface area contributed by atoms with Crippen molar-refractivity contribution >= 4 is 23.5 Å². The Kier molecular flexibility index (Phi) is 5.65. The highest BCUT2D eigenvalue weighted by Crippen LogP contribution is 2.38. The van der Waals surface area contributed by atoms with E-state index in [1.165, 1.54) is 17.4 Å². The fraction of sp³-hybridized carbons (Fsp3) is 0.556. The van der Waals surface area contributed by atoms with Gasteiger partial charge in [-0.05, 0) is 18.4 Å².